The minimum absolute atomic E-state index is 0.00647. The number of hydrogen-bond donors (Lipinski definition) is 4. The maximum atomic E-state index is 14.8. The van der Waals surface area contributed by atoms with Crippen molar-refractivity contribution in [2.45, 2.75) is 31.0 Å². The lowest BCUT2D eigenvalue weighted by atomic mass is 10.0. The van der Waals surface area contributed by atoms with E-state index >= 15 is 0 Å². The number of nitrogens with zero attached hydrogens (tertiary/aromatic N) is 3. The number of nitrogens with one attached hydrogen (secondary N) is 4. The van der Waals surface area contributed by atoms with Crippen molar-refractivity contribution < 1.29 is 38.0 Å². The maximum Gasteiger partial charge on any atom is 0.294 e. The van der Waals surface area contributed by atoms with Gasteiger partial charge in [0, 0.05) is 48.8 Å². The van der Waals surface area contributed by atoms with Gasteiger partial charge in [0.05, 0.1) is 17.4 Å². The number of fused-ring (bicyclic) bond motifs is 1. The summed E-state index contributed by atoms with van der Waals surface area (Å²) in [6.45, 7) is 0.115. The Bertz CT molecular complexity index is 2640. The van der Waals surface area contributed by atoms with Gasteiger partial charge in [-0.15, -0.1) is 0 Å². The molecule has 15 nitrogen and oxygen atoms in total. The lowest BCUT2D eigenvalue weighted by Crippen LogP contribution is -2.54. The summed E-state index contributed by atoms with van der Waals surface area (Å²) in [5, 5.41) is 11.0. The van der Waals surface area contributed by atoms with Gasteiger partial charge in [0.2, 0.25) is 23.6 Å². The zero-order chi connectivity index (χ0) is 43.2. The number of carbonyl (C=O) groups is 7. The molecule has 8 rings (SSSR count). The summed E-state index contributed by atoms with van der Waals surface area (Å²) in [5.41, 5.74) is 3.57. The number of rotatable bonds is 14. The standard InChI is InChI=1S/C47H39N7O8/c55-38-23-22-36(42(56)51-38)54-45(59)34-15-7-16-35(39(34)47(54)61)49-25-26-50-43(57)40(31-12-5-2-6-13-31)52-44(58)41(32-14-8-24-48-28-32)53(46(60)37-17-9-27-62-37)33-20-18-30(19-21-33)29-10-3-1-4-11-29/h1-21,24,27-28,36,40-41,49H,22-23,25-26H2,(H,50,57)(H,52,58)(H,51,55,56)/t36?,40-,41-/m1/s1. The molecule has 62 heavy (non-hydrogen) atoms. The third-order valence-electron chi connectivity index (χ3n) is 10.6. The lowest BCUT2D eigenvalue weighted by molar-refractivity contribution is -0.136. The fraction of sp³-hybridized carbons (Fsp3) is 0.149. The molecule has 4 N–H and O–H groups in total. The highest BCUT2D eigenvalue weighted by atomic mass is 16.3. The van der Waals surface area contributed by atoms with Crippen LogP contribution in [0.1, 0.15) is 67.3 Å². The number of pyridine rings is 1. The number of aromatic nitrogens is 1. The van der Waals surface area contributed by atoms with E-state index in [-0.39, 0.29) is 42.8 Å². The van der Waals surface area contributed by atoms with Crippen LogP contribution < -0.4 is 26.2 Å². The molecular weight excluding hydrogens is 791 g/mol. The Morgan fingerprint density at radius 2 is 1.48 bits per heavy atom. The first-order chi connectivity index (χ1) is 30.2. The van der Waals surface area contributed by atoms with Crippen LogP contribution in [0, 0.1) is 0 Å². The molecule has 2 aromatic heterocycles. The fourth-order valence-corrected chi connectivity index (χ4v) is 7.62. The van der Waals surface area contributed by atoms with Crippen LogP contribution in [0.4, 0.5) is 11.4 Å². The van der Waals surface area contributed by atoms with Crippen molar-refractivity contribution in [1.29, 1.82) is 0 Å². The highest BCUT2D eigenvalue weighted by Crippen LogP contribution is 2.34. The van der Waals surface area contributed by atoms with Crippen LogP contribution in [0.15, 0.2) is 150 Å². The molecule has 2 aliphatic rings. The molecule has 3 atom stereocenters. The smallest absolute Gasteiger partial charge is 0.294 e. The Kier molecular flexibility index (Phi) is 11.8. The number of amides is 7. The molecule has 4 heterocycles. The summed E-state index contributed by atoms with van der Waals surface area (Å²) in [6.07, 6.45) is 4.41. The molecule has 0 saturated carbocycles. The molecule has 7 amide bonds. The summed E-state index contributed by atoms with van der Waals surface area (Å²) in [7, 11) is 0. The van der Waals surface area contributed by atoms with Crippen LogP contribution in [0.5, 0.6) is 0 Å². The topological polar surface area (TPSA) is 200 Å². The molecule has 4 aromatic carbocycles. The first-order valence-electron chi connectivity index (χ1n) is 19.8. The van der Waals surface area contributed by atoms with Gasteiger partial charge >= 0.3 is 0 Å². The third kappa shape index (κ3) is 8.31. The first kappa shape index (κ1) is 40.6. The van der Waals surface area contributed by atoms with Gasteiger partial charge in [0.1, 0.15) is 18.1 Å². The van der Waals surface area contributed by atoms with E-state index in [1.165, 1.54) is 29.5 Å². The Morgan fingerprint density at radius 3 is 2.18 bits per heavy atom. The van der Waals surface area contributed by atoms with E-state index in [1.807, 2.05) is 42.5 Å². The molecule has 0 aliphatic carbocycles. The molecule has 15 heteroatoms. The van der Waals surface area contributed by atoms with Gasteiger partial charge in [-0.3, -0.25) is 53.7 Å². The summed E-state index contributed by atoms with van der Waals surface area (Å²) in [5.74, 6) is -4.37. The molecule has 2 aliphatic heterocycles. The van der Waals surface area contributed by atoms with E-state index in [2.05, 4.69) is 26.3 Å². The number of carbonyl (C=O) groups excluding carboxylic acids is 7. The van der Waals surface area contributed by atoms with Crippen LogP contribution in [0.2, 0.25) is 0 Å². The second-order valence-electron chi connectivity index (χ2n) is 14.5. The van der Waals surface area contributed by atoms with Crippen LogP contribution >= 0.6 is 0 Å². The number of furan rings is 1. The quantitative estimate of drug-likeness (QED) is 0.0834. The molecule has 1 saturated heterocycles. The number of anilines is 2. The summed E-state index contributed by atoms with van der Waals surface area (Å²) in [6, 6.07) is 32.9. The van der Waals surface area contributed by atoms with Crippen molar-refractivity contribution in [3.8, 4) is 11.1 Å². The van der Waals surface area contributed by atoms with Gasteiger partial charge in [-0.2, -0.15) is 0 Å². The molecule has 1 unspecified atom stereocenters. The summed E-state index contributed by atoms with van der Waals surface area (Å²) in [4.78, 5) is 101. The van der Waals surface area contributed by atoms with Gasteiger partial charge in [-0.1, -0.05) is 84.9 Å². The van der Waals surface area contributed by atoms with Crippen LogP contribution in [0.25, 0.3) is 11.1 Å². The molecule has 310 valence electrons. The molecule has 0 spiro atoms. The number of benzene rings is 4. The molecule has 0 bridgehead atoms. The predicted molar refractivity (Wildman–Crippen MR) is 226 cm³/mol. The Labute approximate surface area is 355 Å². The van der Waals surface area contributed by atoms with E-state index in [1.54, 1.807) is 79.0 Å². The van der Waals surface area contributed by atoms with E-state index in [0.29, 0.717) is 22.5 Å². The van der Waals surface area contributed by atoms with Crippen LogP contribution in [0.3, 0.4) is 0 Å². The average Bonchev–Trinajstić information content (AvgIpc) is 3.94. The second-order valence-corrected chi connectivity index (χ2v) is 14.5. The fourth-order valence-electron chi connectivity index (χ4n) is 7.62. The maximum absolute atomic E-state index is 14.8. The van der Waals surface area contributed by atoms with Crippen molar-refractivity contribution in [3.05, 3.63) is 174 Å². The Morgan fingerprint density at radius 1 is 0.758 bits per heavy atom. The van der Waals surface area contributed by atoms with Crippen molar-refractivity contribution in [1.82, 2.24) is 25.8 Å². The largest absolute Gasteiger partial charge is 0.459 e. The van der Waals surface area contributed by atoms with Gasteiger partial charge in [0.25, 0.3) is 17.7 Å². The number of hydrogen-bond acceptors (Lipinski definition) is 10. The molecule has 6 aromatic rings. The molecule has 1 fully saturated rings. The highest BCUT2D eigenvalue weighted by Gasteiger charge is 2.45. The minimum atomic E-state index is -1.33. The van der Waals surface area contributed by atoms with E-state index in [9.17, 15) is 33.6 Å². The monoisotopic (exact) mass is 829 g/mol. The van der Waals surface area contributed by atoms with E-state index < -0.39 is 59.5 Å². The zero-order valence-corrected chi connectivity index (χ0v) is 33.0. The van der Waals surface area contributed by atoms with E-state index in [4.69, 9.17) is 4.42 Å². The zero-order valence-electron chi connectivity index (χ0n) is 33.0. The summed E-state index contributed by atoms with van der Waals surface area (Å²) >= 11 is 0. The normalized spacial score (nSPS) is 15.5. The molecular formula is C47H39N7O8. The average molecular weight is 830 g/mol. The lowest BCUT2D eigenvalue weighted by Gasteiger charge is -2.32. The Hall–Kier alpha value is -8.20. The van der Waals surface area contributed by atoms with Gasteiger partial charge in [0.15, 0.2) is 5.76 Å². The van der Waals surface area contributed by atoms with Crippen LogP contribution in [-0.4, -0.2) is 70.4 Å². The van der Waals surface area contributed by atoms with Gasteiger partial charge in [-0.25, -0.2) is 0 Å². The van der Waals surface area contributed by atoms with Gasteiger partial charge < -0.3 is 20.4 Å². The van der Waals surface area contributed by atoms with Gasteiger partial charge in [-0.05, 0) is 65.6 Å². The number of piperidine rings is 1. The minimum Gasteiger partial charge on any atom is -0.459 e. The van der Waals surface area contributed by atoms with Crippen LogP contribution in [-0.2, 0) is 19.2 Å². The summed E-state index contributed by atoms with van der Waals surface area (Å²) < 4.78 is 5.54. The molecule has 0 radical (unpaired) electrons. The Balaban J connectivity index is 1.03. The highest BCUT2D eigenvalue weighted by molar-refractivity contribution is 6.25. The SMILES string of the molecule is O=C1CCC(N2C(=O)c3cccc(NCCNC(=O)[C@H](NC(=O)[C@@H](c4cccnc4)N(C(=O)c4ccco4)c4ccc(-c5ccccc5)cc4)c4ccccc4)c3C2=O)C(=O)N1. The van der Waals surface area contributed by atoms with Crippen molar-refractivity contribution in [2.24, 2.45) is 0 Å². The van der Waals surface area contributed by atoms with Crippen molar-refractivity contribution >= 4 is 52.7 Å². The number of imide groups is 2. The van der Waals surface area contributed by atoms with Crippen molar-refractivity contribution in [2.75, 3.05) is 23.3 Å². The van der Waals surface area contributed by atoms with Crippen molar-refractivity contribution in [3.63, 3.8) is 0 Å². The predicted octanol–water partition coefficient (Wildman–Crippen LogP) is 5.22. The third-order valence-corrected chi connectivity index (χ3v) is 10.6. The first-order valence-corrected chi connectivity index (χ1v) is 19.8. The second kappa shape index (κ2) is 18.0. The van der Waals surface area contributed by atoms with E-state index in [0.717, 1.165) is 16.0 Å².